The van der Waals surface area contributed by atoms with Gasteiger partial charge < -0.3 is 10.1 Å². The molecular formula is C12H17NO. The van der Waals surface area contributed by atoms with Crippen molar-refractivity contribution in [3.8, 4) is 5.75 Å². The van der Waals surface area contributed by atoms with E-state index in [0.29, 0.717) is 0 Å². The first kappa shape index (κ1) is 9.38. The minimum atomic E-state index is 0.731. The number of anilines is 1. The zero-order valence-electron chi connectivity index (χ0n) is 8.62. The Bertz CT molecular complexity index is 277. The summed E-state index contributed by atoms with van der Waals surface area (Å²) in [5.74, 6) is 1.87. The van der Waals surface area contributed by atoms with E-state index in [1.165, 1.54) is 18.5 Å². The maximum Gasteiger partial charge on any atom is 0.119 e. The Morgan fingerprint density at radius 3 is 2.57 bits per heavy atom. The highest BCUT2D eigenvalue weighted by atomic mass is 16.5. The Labute approximate surface area is 85.3 Å². The molecular weight excluding hydrogens is 174 g/mol. The second-order valence-electron chi connectivity index (χ2n) is 3.78. The van der Waals surface area contributed by atoms with Crippen molar-refractivity contribution < 1.29 is 4.74 Å². The zero-order valence-corrected chi connectivity index (χ0v) is 8.62. The number of hydrogen-bond donors (Lipinski definition) is 1. The molecule has 1 saturated carbocycles. The van der Waals surface area contributed by atoms with Crippen LogP contribution in [-0.2, 0) is 0 Å². The highest BCUT2D eigenvalue weighted by Crippen LogP contribution is 2.29. The maximum atomic E-state index is 5.37. The predicted molar refractivity (Wildman–Crippen MR) is 58.8 cm³/mol. The van der Waals surface area contributed by atoms with Gasteiger partial charge in [0.05, 0.1) is 6.61 Å². The fourth-order valence-electron chi connectivity index (χ4n) is 1.42. The summed E-state index contributed by atoms with van der Waals surface area (Å²) < 4.78 is 5.37. The van der Waals surface area contributed by atoms with Gasteiger partial charge in [-0.15, -0.1) is 0 Å². The largest absolute Gasteiger partial charge is 0.494 e. The summed E-state index contributed by atoms with van der Waals surface area (Å²) in [5, 5.41) is 3.42. The lowest BCUT2D eigenvalue weighted by Crippen LogP contribution is -2.02. The first-order valence-electron chi connectivity index (χ1n) is 5.35. The minimum Gasteiger partial charge on any atom is -0.494 e. The molecule has 2 rings (SSSR count). The Hall–Kier alpha value is -1.18. The Balaban J connectivity index is 1.84. The van der Waals surface area contributed by atoms with Crippen molar-refractivity contribution >= 4 is 5.69 Å². The van der Waals surface area contributed by atoms with Gasteiger partial charge in [-0.3, -0.25) is 0 Å². The van der Waals surface area contributed by atoms with Crippen molar-refractivity contribution in [3.63, 3.8) is 0 Å². The normalized spacial score (nSPS) is 15.2. The highest BCUT2D eigenvalue weighted by molar-refractivity contribution is 5.46. The van der Waals surface area contributed by atoms with Gasteiger partial charge in [-0.1, -0.05) is 0 Å². The minimum absolute atomic E-state index is 0.731. The van der Waals surface area contributed by atoms with Crippen LogP contribution in [0.5, 0.6) is 5.75 Å². The molecule has 14 heavy (non-hydrogen) atoms. The van der Waals surface area contributed by atoms with Crippen LogP contribution in [-0.4, -0.2) is 13.2 Å². The Kier molecular flexibility index (Phi) is 2.92. The Morgan fingerprint density at radius 1 is 1.29 bits per heavy atom. The van der Waals surface area contributed by atoms with Crippen molar-refractivity contribution in [3.05, 3.63) is 24.3 Å². The Morgan fingerprint density at radius 2 is 2.00 bits per heavy atom. The summed E-state index contributed by atoms with van der Waals surface area (Å²) in [6.07, 6.45) is 2.79. The predicted octanol–water partition coefficient (Wildman–Crippen LogP) is 2.91. The SMILES string of the molecule is CCOc1ccc(NCC2CC2)cc1. The van der Waals surface area contributed by atoms with Crippen molar-refractivity contribution in [2.24, 2.45) is 5.92 Å². The van der Waals surface area contributed by atoms with E-state index in [-0.39, 0.29) is 0 Å². The van der Waals surface area contributed by atoms with Crippen LogP contribution in [0.15, 0.2) is 24.3 Å². The third kappa shape index (κ3) is 2.66. The average molecular weight is 191 g/mol. The third-order valence-corrected chi connectivity index (χ3v) is 2.46. The van der Waals surface area contributed by atoms with Crippen LogP contribution in [0.1, 0.15) is 19.8 Å². The first-order chi connectivity index (χ1) is 6.88. The van der Waals surface area contributed by atoms with E-state index in [0.717, 1.165) is 24.8 Å². The lowest BCUT2D eigenvalue weighted by Gasteiger charge is -2.06. The summed E-state index contributed by atoms with van der Waals surface area (Å²) in [6, 6.07) is 8.18. The van der Waals surface area contributed by atoms with Gasteiger partial charge >= 0.3 is 0 Å². The van der Waals surface area contributed by atoms with Crippen LogP contribution in [0.4, 0.5) is 5.69 Å². The van der Waals surface area contributed by atoms with Gasteiger partial charge in [0, 0.05) is 12.2 Å². The van der Waals surface area contributed by atoms with E-state index >= 15 is 0 Å². The molecule has 1 aliphatic carbocycles. The summed E-state index contributed by atoms with van der Waals surface area (Å²) in [7, 11) is 0. The molecule has 0 spiro atoms. The lowest BCUT2D eigenvalue weighted by atomic mass is 10.3. The molecule has 1 aromatic rings. The third-order valence-electron chi connectivity index (χ3n) is 2.46. The molecule has 1 aromatic carbocycles. The number of hydrogen-bond acceptors (Lipinski definition) is 2. The first-order valence-corrected chi connectivity index (χ1v) is 5.35. The molecule has 1 fully saturated rings. The van der Waals surface area contributed by atoms with Crippen molar-refractivity contribution in [2.75, 3.05) is 18.5 Å². The fraction of sp³-hybridized carbons (Fsp3) is 0.500. The fourth-order valence-corrected chi connectivity index (χ4v) is 1.42. The van der Waals surface area contributed by atoms with Gasteiger partial charge in [-0.25, -0.2) is 0 Å². The summed E-state index contributed by atoms with van der Waals surface area (Å²) in [4.78, 5) is 0. The molecule has 0 unspecified atom stereocenters. The molecule has 0 heterocycles. The van der Waals surface area contributed by atoms with Crippen LogP contribution in [0.25, 0.3) is 0 Å². The summed E-state index contributed by atoms with van der Waals surface area (Å²) in [5.41, 5.74) is 1.19. The molecule has 1 aliphatic rings. The molecule has 76 valence electrons. The van der Waals surface area contributed by atoms with Crippen molar-refractivity contribution in [1.82, 2.24) is 0 Å². The average Bonchev–Trinajstić information content (AvgIpc) is 3.01. The van der Waals surface area contributed by atoms with E-state index in [1.54, 1.807) is 0 Å². The monoisotopic (exact) mass is 191 g/mol. The van der Waals surface area contributed by atoms with E-state index in [2.05, 4.69) is 17.4 Å². The standard InChI is InChI=1S/C12H17NO/c1-2-14-12-7-5-11(6-8-12)13-9-10-3-4-10/h5-8,10,13H,2-4,9H2,1H3. The zero-order chi connectivity index (χ0) is 9.80. The highest BCUT2D eigenvalue weighted by Gasteiger charge is 2.20. The van der Waals surface area contributed by atoms with Crippen molar-refractivity contribution in [2.45, 2.75) is 19.8 Å². The van der Waals surface area contributed by atoms with Gasteiger partial charge in [0.25, 0.3) is 0 Å². The van der Waals surface area contributed by atoms with Crippen LogP contribution in [0.2, 0.25) is 0 Å². The van der Waals surface area contributed by atoms with E-state index < -0.39 is 0 Å². The molecule has 0 radical (unpaired) electrons. The lowest BCUT2D eigenvalue weighted by molar-refractivity contribution is 0.340. The van der Waals surface area contributed by atoms with Gasteiger partial charge in [0.15, 0.2) is 0 Å². The smallest absolute Gasteiger partial charge is 0.119 e. The molecule has 1 N–H and O–H groups in total. The topological polar surface area (TPSA) is 21.3 Å². The molecule has 0 amide bonds. The summed E-state index contributed by atoms with van der Waals surface area (Å²) in [6.45, 7) is 3.85. The van der Waals surface area contributed by atoms with Crippen LogP contribution < -0.4 is 10.1 Å². The van der Waals surface area contributed by atoms with Crippen molar-refractivity contribution in [1.29, 1.82) is 0 Å². The summed E-state index contributed by atoms with van der Waals surface area (Å²) >= 11 is 0. The molecule has 0 bridgehead atoms. The molecule has 0 atom stereocenters. The molecule has 2 heteroatoms. The number of rotatable bonds is 5. The number of benzene rings is 1. The van der Waals surface area contributed by atoms with Crippen LogP contribution in [0, 0.1) is 5.92 Å². The van der Waals surface area contributed by atoms with Crippen LogP contribution in [0.3, 0.4) is 0 Å². The van der Waals surface area contributed by atoms with Gasteiger partial charge in [0.2, 0.25) is 0 Å². The van der Waals surface area contributed by atoms with E-state index in [9.17, 15) is 0 Å². The van der Waals surface area contributed by atoms with E-state index in [4.69, 9.17) is 4.74 Å². The van der Waals surface area contributed by atoms with Crippen LogP contribution >= 0.6 is 0 Å². The molecule has 2 nitrogen and oxygen atoms in total. The van der Waals surface area contributed by atoms with E-state index in [1.807, 2.05) is 19.1 Å². The number of nitrogens with one attached hydrogen (secondary N) is 1. The molecule has 0 aliphatic heterocycles. The molecule has 0 aromatic heterocycles. The second-order valence-corrected chi connectivity index (χ2v) is 3.78. The van der Waals surface area contributed by atoms with Gasteiger partial charge in [-0.2, -0.15) is 0 Å². The van der Waals surface area contributed by atoms with Gasteiger partial charge in [-0.05, 0) is 49.9 Å². The maximum absolute atomic E-state index is 5.37. The van der Waals surface area contributed by atoms with Gasteiger partial charge in [0.1, 0.15) is 5.75 Å². The molecule has 0 saturated heterocycles. The number of ether oxygens (including phenoxy) is 1. The second kappa shape index (κ2) is 4.36. The quantitative estimate of drug-likeness (QED) is 0.772.